The highest BCUT2D eigenvalue weighted by Gasteiger charge is 2.07. The molecule has 3 rings (SSSR count). The lowest BCUT2D eigenvalue weighted by atomic mass is 10.2. The van der Waals surface area contributed by atoms with E-state index in [9.17, 15) is 0 Å². The van der Waals surface area contributed by atoms with Crippen molar-refractivity contribution in [2.75, 3.05) is 17.3 Å². The molecular formula is C16H17N5O. The van der Waals surface area contributed by atoms with Gasteiger partial charge in [-0.3, -0.25) is 0 Å². The lowest BCUT2D eigenvalue weighted by molar-refractivity contribution is 0.400. The molecule has 0 amide bonds. The fraction of sp³-hybridized carbons (Fsp3) is 0.188. The molecule has 0 unspecified atom stereocenters. The molecule has 0 fully saturated rings. The Bertz CT molecular complexity index is 741. The second kappa shape index (κ2) is 6.26. The standard InChI is InChI=1S/C16H17N5O/c1-12-10-15(20-22-12)18-14-8-9-17-16(19-14)21(2)11-13-6-4-3-5-7-13/h3-10H,11H2,1-2H3,(H,17,18,19,20). The second-order valence-corrected chi connectivity index (χ2v) is 5.03. The van der Waals surface area contributed by atoms with E-state index in [1.54, 1.807) is 12.3 Å². The highest BCUT2D eigenvalue weighted by Crippen LogP contribution is 2.17. The summed E-state index contributed by atoms with van der Waals surface area (Å²) >= 11 is 0. The number of rotatable bonds is 5. The Morgan fingerprint density at radius 1 is 1.14 bits per heavy atom. The third kappa shape index (κ3) is 3.41. The predicted octanol–water partition coefficient (Wildman–Crippen LogP) is 3.15. The molecule has 0 radical (unpaired) electrons. The van der Waals surface area contributed by atoms with E-state index in [2.05, 4.69) is 32.6 Å². The Morgan fingerprint density at radius 3 is 2.68 bits per heavy atom. The molecule has 2 aromatic heterocycles. The van der Waals surface area contributed by atoms with Crippen LogP contribution in [-0.4, -0.2) is 22.2 Å². The van der Waals surface area contributed by atoms with Gasteiger partial charge in [0.1, 0.15) is 11.6 Å². The average Bonchev–Trinajstić information content (AvgIpc) is 2.93. The molecule has 0 saturated heterocycles. The average molecular weight is 295 g/mol. The first-order valence-corrected chi connectivity index (χ1v) is 6.99. The topological polar surface area (TPSA) is 67.1 Å². The molecular weight excluding hydrogens is 278 g/mol. The van der Waals surface area contributed by atoms with E-state index in [0.29, 0.717) is 17.6 Å². The van der Waals surface area contributed by atoms with Gasteiger partial charge in [0.2, 0.25) is 5.95 Å². The summed E-state index contributed by atoms with van der Waals surface area (Å²) in [5.41, 5.74) is 1.21. The van der Waals surface area contributed by atoms with E-state index in [1.165, 1.54) is 5.56 Å². The van der Waals surface area contributed by atoms with Crippen molar-refractivity contribution in [3.05, 3.63) is 60.0 Å². The van der Waals surface area contributed by atoms with Crippen LogP contribution in [0.25, 0.3) is 0 Å². The Balaban J connectivity index is 1.73. The lowest BCUT2D eigenvalue weighted by Gasteiger charge is -2.17. The number of benzene rings is 1. The van der Waals surface area contributed by atoms with E-state index >= 15 is 0 Å². The van der Waals surface area contributed by atoms with Crippen molar-refractivity contribution in [1.29, 1.82) is 0 Å². The molecule has 0 atom stereocenters. The number of aromatic nitrogens is 3. The van der Waals surface area contributed by atoms with Crippen molar-refractivity contribution < 1.29 is 4.52 Å². The van der Waals surface area contributed by atoms with E-state index in [0.717, 1.165) is 12.3 Å². The summed E-state index contributed by atoms with van der Waals surface area (Å²) in [7, 11) is 1.96. The highest BCUT2D eigenvalue weighted by molar-refractivity contribution is 5.52. The summed E-state index contributed by atoms with van der Waals surface area (Å²) in [5, 5.41) is 6.99. The Morgan fingerprint density at radius 2 is 1.95 bits per heavy atom. The normalized spacial score (nSPS) is 10.5. The number of nitrogens with zero attached hydrogens (tertiary/aromatic N) is 4. The second-order valence-electron chi connectivity index (χ2n) is 5.03. The first kappa shape index (κ1) is 14.1. The van der Waals surface area contributed by atoms with Gasteiger partial charge in [-0.2, -0.15) is 4.98 Å². The van der Waals surface area contributed by atoms with Crippen molar-refractivity contribution in [2.45, 2.75) is 13.5 Å². The zero-order valence-electron chi connectivity index (χ0n) is 12.5. The first-order valence-electron chi connectivity index (χ1n) is 6.99. The minimum absolute atomic E-state index is 0.632. The number of hydrogen-bond acceptors (Lipinski definition) is 6. The van der Waals surface area contributed by atoms with Crippen molar-refractivity contribution in [2.24, 2.45) is 0 Å². The Hall–Kier alpha value is -2.89. The highest BCUT2D eigenvalue weighted by atomic mass is 16.5. The number of aryl methyl sites for hydroxylation is 1. The fourth-order valence-corrected chi connectivity index (χ4v) is 2.09. The van der Waals surface area contributed by atoms with Crippen LogP contribution in [0.4, 0.5) is 17.6 Å². The van der Waals surface area contributed by atoms with Gasteiger partial charge < -0.3 is 14.7 Å². The third-order valence-electron chi connectivity index (χ3n) is 3.13. The summed E-state index contributed by atoms with van der Waals surface area (Å²) < 4.78 is 5.03. The molecule has 3 aromatic rings. The fourth-order valence-electron chi connectivity index (χ4n) is 2.09. The molecule has 0 aliphatic heterocycles. The molecule has 0 aliphatic rings. The van der Waals surface area contributed by atoms with Crippen LogP contribution in [0.3, 0.4) is 0 Å². The molecule has 0 bridgehead atoms. The van der Waals surface area contributed by atoms with Gasteiger partial charge >= 0.3 is 0 Å². The zero-order chi connectivity index (χ0) is 15.4. The maximum absolute atomic E-state index is 5.03. The molecule has 1 aromatic carbocycles. The molecule has 0 spiro atoms. The number of hydrogen-bond donors (Lipinski definition) is 1. The van der Waals surface area contributed by atoms with Crippen LogP contribution < -0.4 is 10.2 Å². The predicted molar refractivity (Wildman–Crippen MR) is 85.1 cm³/mol. The van der Waals surface area contributed by atoms with Crippen molar-refractivity contribution in [3.63, 3.8) is 0 Å². The Labute approximate surface area is 128 Å². The summed E-state index contributed by atoms with van der Waals surface area (Å²) in [4.78, 5) is 10.8. The Kier molecular flexibility index (Phi) is 4.00. The van der Waals surface area contributed by atoms with Gasteiger partial charge in [-0.25, -0.2) is 4.98 Å². The minimum atomic E-state index is 0.632. The van der Waals surface area contributed by atoms with Gasteiger partial charge in [0.15, 0.2) is 5.82 Å². The SMILES string of the molecule is Cc1cc(Nc2ccnc(N(C)Cc3ccccc3)n2)no1. The molecule has 0 aliphatic carbocycles. The van der Waals surface area contributed by atoms with E-state index in [-0.39, 0.29) is 0 Å². The van der Waals surface area contributed by atoms with Gasteiger partial charge in [0.05, 0.1) is 0 Å². The summed E-state index contributed by atoms with van der Waals surface area (Å²) in [6.45, 7) is 2.59. The van der Waals surface area contributed by atoms with Gasteiger partial charge in [0.25, 0.3) is 0 Å². The van der Waals surface area contributed by atoms with Gasteiger partial charge in [-0.15, -0.1) is 0 Å². The van der Waals surface area contributed by atoms with Crippen LogP contribution in [0.2, 0.25) is 0 Å². The molecule has 1 N–H and O–H groups in total. The maximum atomic E-state index is 5.03. The summed E-state index contributed by atoms with van der Waals surface area (Å²) in [5.74, 6) is 2.71. The summed E-state index contributed by atoms with van der Waals surface area (Å²) in [6.07, 6.45) is 1.72. The largest absolute Gasteiger partial charge is 0.360 e. The molecule has 2 heterocycles. The molecule has 22 heavy (non-hydrogen) atoms. The van der Waals surface area contributed by atoms with E-state index in [4.69, 9.17) is 4.52 Å². The molecule has 6 nitrogen and oxygen atoms in total. The van der Waals surface area contributed by atoms with E-state index < -0.39 is 0 Å². The number of nitrogens with one attached hydrogen (secondary N) is 1. The van der Waals surface area contributed by atoms with Crippen molar-refractivity contribution in [3.8, 4) is 0 Å². The van der Waals surface area contributed by atoms with Crippen LogP contribution in [0.1, 0.15) is 11.3 Å². The van der Waals surface area contributed by atoms with Crippen LogP contribution >= 0.6 is 0 Å². The lowest BCUT2D eigenvalue weighted by Crippen LogP contribution is -2.19. The van der Waals surface area contributed by atoms with Gasteiger partial charge in [-0.05, 0) is 18.6 Å². The quantitative estimate of drug-likeness (QED) is 0.780. The van der Waals surface area contributed by atoms with Crippen molar-refractivity contribution in [1.82, 2.24) is 15.1 Å². The van der Waals surface area contributed by atoms with Crippen LogP contribution in [0.15, 0.2) is 53.2 Å². The van der Waals surface area contributed by atoms with Crippen LogP contribution in [0.5, 0.6) is 0 Å². The van der Waals surface area contributed by atoms with Crippen LogP contribution in [-0.2, 0) is 6.54 Å². The first-order chi connectivity index (χ1) is 10.7. The molecule has 112 valence electrons. The third-order valence-corrected chi connectivity index (χ3v) is 3.13. The van der Waals surface area contributed by atoms with Crippen LogP contribution in [0, 0.1) is 6.92 Å². The van der Waals surface area contributed by atoms with Crippen molar-refractivity contribution >= 4 is 17.6 Å². The zero-order valence-corrected chi connectivity index (χ0v) is 12.5. The molecule has 6 heteroatoms. The smallest absolute Gasteiger partial charge is 0.227 e. The molecule has 0 saturated carbocycles. The van der Waals surface area contributed by atoms with Gasteiger partial charge in [0, 0.05) is 25.9 Å². The van der Waals surface area contributed by atoms with Gasteiger partial charge in [-0.1, -0.05) is 35.5 Å². The van der Waals surface area contributed by atoms with E-state index in [1.807, 2.05) is 43.1 Å². The minimum Gasteiger partial charge on any atom is -0.360 e. The monoisotopic (exact) mass is 295 g/mol. The maximum Gasteiger partial charge on any atom is 0.227 e. The summed E-state index contributed by atoms with van der Waals surface area (Å²) in [6, 6.07) is 13.8. The number of anilines is 3.